The predicted octanol–water partition coefficient (Wildman–Crippen LogP) is 3.96. The molecule has 5 heteroatoms. The van der Waals surface area contributed by atoms with Gasteiger partial charge in [0, 0.05) is 36.6 Å². The van der Waals surface area contributed by atoms with Crippen molar-refractivity contribution in [3.05, 3.63) is 28.5 Å². The number of nitrogens with zero attached hydrogens (tertiary/aromatic N) is 1. The van der Waals surface area contributed by atoms with Gasteiger partial charge in [-0.25, -0.2) is 0 Å². The fourth-order valence-electron chi connectivity index (χ4n) is 1.38. The van der Waals surface area contributed by atoms with Gasteiger partial charge in [0.1, 0.15) is 0 Å². The van der Waals surface area contributed by atoms with E-state index in [0.29, 0.717) is 0 Å². The van der Waals surface area contributed by atoms with Crippen LogP contribution in [0.2, 0.25) is 18.1 Å². The van der Waals surface area contributed by atoms with Crippen molar-refractivity contribution in [1.82, 2.24) is 10.3 Å². The first kappa shape index (κ1) is 16.8. The van der Waals surface area contributed by atoms with Gasteiger partial charge >= 0.3 is 0 Å². The number of pyridine rings is 1. The summed E-state index contributed by atoms with van der Waals surface area (Å²) in [5, 5.41) is 3.67. The molecule has 0 aliphatic rings. The van der Waals surface area contributed by atoms with Gasteiger partial charge in [0.25, 0.3) is 0 Å². The fraction of sp³-hybridized carbons (Fsp3) is 0.643. The van der Waals surface area contributed by atoms with Crippen molar-refractivity contribution in [2.75, 3.05) is 13.2 Å². The number of halogens is 1. The standard InChI is InChI=1S/C14H25BrN2OSi/c1-14(2,3)19(4,5)18-7-6-16-9-12-8-13(15)11-17-10-12/h8,10-11,16H,6-7,9H2,1-5H3. The summed E-state index contributed by atoms with van der Waals surface area (Å²) in [5.41, 5.74) is 1.18. The number of aromatic nitrogens is 1. The largest absolute Gasteiger partial charge is 0.416 e. The van der Waals surface area contributed by atoms with Crippen molar-refractivity contribution >= 4 is 24.2 Å². The summed E-state index contributed by atoms with van der Waals surface area (Å²) < 4.78 is 7.12. The van der Waals surface area contributed by atoms with Crippen molar-refractivity contribution in [2.24, 2.45) is 0 Å². The lowest BCUT2D eigenvalue weighted by atomic mass is 10.2. The Labute approximate surface area is 126 Å². The van der Waals surface area contributed by atoms with Crippen molar-refractivity contribution in [3.63, 3.8) is 0 Å². The van der Waals surface area contributed by atoms with E-state index in [1.54, 1.807) is 6.20 Å². The highest BCUT2D eigenvalue weighted by Gasteiger charge is 2.36. The molecule has 1 heterocycles. The maximum absolute atomic E-state index is 6.11. The van der Waals surface area contributed by atoms with Crippen LogP contribution in [0, 0.1) is 0 Å². The maximum atomic E-state index is 6.11. The molecule has 0 aromatic carbocycles. The van der Waals surface area contributed by atoms with Gasteiger partial charge in [-0.05, 0) is 45.7 Å². The number of hydrogen-bond donors (Lipinski definition) is 1. The molecule has 0 atom stereocenters. The summed E-state index contributed by atoms with van der Waals surface area (Å²) in [6.45, 7) is 13.8. The Balaban J connectivity index is 2.25. The first-order valence-electron chi connectivity index (χ1n) is 6.66. The minimum Gasteiger partial charge on any atom is -0.416 e. The molecule has 1 rings (SSSR count). The molecule has 19 heavy (non-hydrogen) atoms. The highest BCUT2D eigenvalue weighted by atomic mass is 79.9. The van der Waals surface area contributed by atoms with Crippen LogP contribution in [0.4, 0.5) is 0 Å². The van der Waals surface area contributed by atoms with Crippen LogP contribution in [-0.2, 0) is 11.0 Å². The molecular formula is C14H25BrN2OSi. The van der Waals surface area contributed by atoms with E-state index < -0.39 is 8.32 Å². The van der Waals surface area contributed by atoms with Crippen molar-refractivity contribution in [1.29, 1.82) is 0 Å². The van der Waals surface area contributed by atoms with Gasteiger partial charge in [-0.1, -0.05) is 20.8 Å². The van der Waals surface area contributed by atoms with Crippen molar-refractivity contribution in [2.45, 2.75) is 45.4 Å². The van der Waals surface area contributed by atoms with Crippen LogP contribution in [-0.4, -0.2) is 26.5 Å². The van der Waals surface area contributed by atoms with Gasteiger partial charge in [0.05, 0.1) is 0 Å². The summed E-state index contributed by atoms with van der Waals surface area (Å²) in [6.07, 6.45) is 3.68. The molecule has 108 valence electrons. The maximum Gasteiger partial charge on any atom is 0.192 e. The molecule has 0 fully saturated rings. The average Bonchev–Trinajstić information content (AvgIpc) is 2.27. The Morgan fingerprint density at radius 2 is 2.00 bits per heavy atom. The molecule has 0 amide bonds. The van der Waals surface area contributed by atoms with Gasteiger partial charge in [-0.2, -0.15) is 0 Å². The number of nitrogens with one attached hydrogen (secondary N) is 1. The van der Waals surface area contributed by atoms with Crippen LogP contribution in [0.1, 0.15) is 26.3 Å². The molecule has 0 saturated carbocycles. The van der Waals surface area contributed by atoms with Crippen molar-refractivity contribution < 1.29 is 4.43 Å². The fourth-order valence-corrected chi connectivity index (χ4v) is 2.84. The van der Waals surface area contributed by atoms with Gasteiger partial charge in [0.15, 0.2) is 8.32 Å². The van der Waals surface area contributed by atoms with Crippen LogP contribution in [0.25, 0.3) is 0 Å². The lowest BCUT2D eigenvalue weighted by molar-refractivity contribution is 0.285. The minimum atomic E-state index is -1.60. The molecule has 0 aliphatic heterocycles. The van der Waals surface area contributed by atoms with E-state index in [0.717, 1.165) is 24.2 Å². The molecule has 0 bridgehead atoms. The summed E-state index contributed by atoms with van der Waals surface area (Å²) in [7, 11) is -1.60. The monoisotopic (exact) mass is 344 g/mol. The highest BCUT2D eigenvalue weighted by Crippen LogP contribution is 2.36. The summed E-state index contributed by atoms with van der Waals surface area (Å²) >= 11 is 3.42. The van der Waals surface area contributed by atoms with E-state index >= 15 is 0 Å². The Morgan fingerprint density at radius 1 is 1.32 bits per heavy atom. The van der Waals surface area contributed by atoms with Gasteiger partial charge in [-0.3, -0.25) is 4.98 Å². The third kappa shape index (κ3) is 5.73. The second-order valence-electron chi connectivity index (χ2n) is 6.30. The lowest BCUT2D eigenvalue weighted by Crippen LogP contribution is -2.42. The Hall–Kier alpha value is -0.233. The third-order valence-corrected chi connectivity index (χ3v) is 8.61. The second-order valence-corrected chi connectivity index (χ2v) is 12.0. The Bertz CT molecular complexity index is 405. The van der Waals surface area contributed by atoms with E-state index in [4.69, 9.17) is 4.43 Å². The van der Waals surface area contributed by atoms with E-state index in [1.807, 2.05) is 6.20 Å². The van der Waals surface area contributed by atoms with Gasteiger partial charge in [0.2, 0.25) is 0 Å². The van der Waals surface area contributed by atoms with Gasteiger partial charge in [-0.15, -0.1) is 0 Å². The number of hydrogen-bond acceptors (Lipinski definition) is 3. The van der Waals surface area contributed by atoms with Crippen LogP contribution < -0.4 is 5.32 Å². The zero-order valence-electron chi connectivity index (χ0n) is 12.6. The molecule has 0 aliphatic carbocycles. The quantitative estimate of drug-likeness (QED) is 0.626. The molecule has 3 nitrogen and oxygen atoms in total. The number of rotatable bonds is 6. The molecule has 1 aromatic heterocycles. The first-order chi connectivity index (χ1) is 8.72. The molecule has 1 N–H and O–H groups in total. The minimum absolute atomic E-state index is 0.279. The van der Waals surface area contributed by atoms with Crippen LogP contribution >= 0.6 is 15.9 Å². The Morgan fingerprint density at radius 3 is 2.58 bits per heavy atom. The zero-order chi connectivity index (χ0) is 14.5. The zero-order valence-corrected chi connectivity index (χ0v) is 15.2. The van der Waals surface area contributed by atoms with Gasteiger partial charge < -0.3 is 9.74 Å². The molecular weight excluding hydrogens is 320 g/mol. The molecule has 0 radical (unpaired) electrons. The lowest BCUT2D eigenvalue weighted by Gasteiger charge is -2.36. The summed E-state index contributed by atoms with van der Waals surface area (Å²) in [4.78, 5) is 4.14. The van der Waals surface area contributed by atoms with Crippen LogP contribution in [0.15, 0.2) is 22.9 Å². The molecule has 0 spiro atoms. The predicted molar refractivity (Wildman–Crippen MR) is 86.8 cm³/mol. The normalized spacial score (nSPS) is 12.7. The molecule has 0 saturated heterocycles. The van der Waals surface area contributed by atoms with E-state index in [-0.39, 0.29) is 5.04 Å². The Kier molecular flexibility index (Phi) is 6.17. The topological polar surface area (TPSA) is 34.1 Å². The first-order valence-corrected chi connectivity index (χ1v) is 10.4. The van der Waals surface area contributed by atoms with E-state index in [2.05, 4.69) is 66.2 Å². The molecule has 0 unspecified atom stereocenters. The smallest absolute Gasteiger partial charge is 0.192 e. The van der Waals surface area contributed by atoms with Crippen LogP contribution in [0.5, 0.6) is 0 Å². The third-order valence-electron chi connectivity index (χ3n) is 3.64. The van der Waals surface area contributed by atoms with E-state index in [9.17, 15) is 0 Å². The summed E-state index contributed by atoms with van der Waals surface area (Å²) in [5.74, 6) is 0. The summed E-state index contributed by atoms with van der Waals surface area (Å²) in [6, 6.07) is 2.08. The van der Waals surface area contributed by atoms with Crippen LogP contribution in [0.3, 0.4) is 0 Å². The molecule has 1 aromatic rings. The second kappa shape index (κ2) is 6.97. The SMILES string of the molecule is CC(C)(C)[Si](C)(C)OCCNCc1cncc(Br)c1. The van der Waals surface area contributed by atoms with Crippen molar-refractivity contribution in [3.8, 4) is 0 Å². The average molecular weight is 345 g/mol. The van der Waals surface area contributed by atoms with E-state index in [1.165, 1.54) is 5.56 Å². The highest BCUT2D eigenvalue weighted by molar-refractivity contribution is 9.10.